The van der Waals surface area contributed by atoms with Gasteiger partial charge in [0.2, 0.25) is 0 Å². The summed E-state index contributed by atoms with van der Waals surface area (Å²) >= 11 is 1.87. The molecule has 0 heterocycles. The number of thioether (sulfide) groups is 1. The molecule has 0 amide bonds. The number of hydrogen-bond donors (Lipinski definition) is 2. The Kier molecular flexibility index (Phi) is 5.85. The van der Waals surface area contributed by atoms with Crippen LogP contribution in [0.15, 0.2) is 18.2 Å². The SMILES string of the molecule is CCSCC(C)Nc1ccc(N)c(C(=O)OC)c1. The van der Waals surface area contributed by atoms with E-state index in [1.807, 2.05) is 17.8 Å². The van der Waals surface area contributed by atoms with Crippen molar-refractivity contribution >= 4 is 29.1 Å². The maximum Gasteiger partial charge on any atom is 0.340 e. The van der Waals surface area contributed by atoms with E-state index < -0.39 is 5.97 Å². The zero-order valence-electron chi connectivity index (χ0n) is 11.0. The fourth-order valence-corrected chi connectivity index (χ4v) is 2.23. The molecule has 18 heavy (non-hydrogen) atoms. The lowest BCUT2D eigenvalue weighted by molar-refractivity contribution is 0.0602. The lowest BCUT2D eigenvalue weighted by Crippen LogP contribution is -2.18. The third-order valence-corrected chi connectivity index (χ3v) is 3.59. The Bertz CT molecular complexity index is 410. The van der Waals surface area contributed by atoms with Gasteiger partial charge in [-0.05, 0) is 30.9 Å². The van der Waals surface area contributed by atoms with Crippen LogP contribution in [0.3, 0.4) is 0 Å². The number of hydrogen-bond acceptors (Lipinski definition) is 5. The van der Waals surface area contributed by atoms with E-state index in [2.05, 4.69) is 19.2 Å². The molecular formula is C13H20N2O2S. The molecule has 0 radical (unpaired) electrons. The average Bonchev–Trinajstić information content (AvgIpc) is 2.37. The number of methoxy groups -OCH3 is 1. The lowest BCUT2D eigenvalue weighted by atomic mass is 10.1. The number of ether oxygens (including phenoxy) is 1. The van der Waals surface area contributed by atoms with Crippen molar-refractivity contribution in [3.05, 3.63) is 23.8 Å². The maximum absolute atomic E-state index is 11.5. The number of carbonyl (C=O) groups excluding carboxylic acids is 1. The molecule has 0 bridgehead atoms. The summed E-state index contributed by atoms with van der Waals surface area (Å²) in [5.41, 5.74) is 7.46. The minimum atomic E-state index is -0.410. The second-order valence-corrected chi connectivity index (χ2v) is 5.32. The molecular weight excluding hydrogens is 248 g/mol. The first-order chi connectivity index (χ1) is 8.58. The van der Waals surface area contributed by atoms with Gasteiger partial charge < -0.3 is 15.8 Å². The number of nitrogens with one attached hydrogen (secondary N) is 1. The summed E-state index contributed by atoms with van der Waals surface area (Å²) in [5, 5.41) is 3.34. The van der Waals surface area contributed by atoms with Gasteiger partial charge in [0.1, 0.15) is 0 Å². The molecule has 5 heteroatoms. The van der Waals surface area contributed by atoms with Crippen LogP contribution in [0.4, 0.5) is 11.4 Å². The Labute approximate surface area is 112 Å². The molecule has 4 nitrogen and oxygen atoms in total. The number of anilines is 2. The van der Waals surface area contributed by atoms with Crippen LogP contribution in [-0.4, -0.2) is 30.6 Å². The van der Waals surface area contributed by atoms with Crippen LogP contribution in [-0.2, 0) is 4.74 Å². The highest BCUT2D eigenvalue weighted by molar-refractivity contribution is 7.99. The minimum absolute atomic E-state index is 0.337. The molecule has 0 aliphatic heterocycles. The summed E-state index contributed by atoms with van der Waals surface area (Å²) in [6.45, 7) is 4.24. The topological polar surface area (TPSA) is 64.3 Å². The Morgan fingerprint density at radius 3 is 2.89 bits per heavy atom. The van der Waals surface area contributed by atoms with Gasteiger partial charge in [0.15, 0.2) is 0 Å². The Morgan fingerprint density at radius 1 is 1.56 bits per heavy atom. The second kappa shape index (κ2) is 7.16. The van der Waals surface area contributed by atoms with Gasteiger partial charge in [-0.1, -0.05) is 6.92 Å². The first-order valence-corrected chi connectivity index (χ1v) is 7.06. The molecule has 1 aromatic carbocycles. The van der Waals surface area contributed by atoms with E-state index in [1.165, 1.54) is 7.11 Å². The quantitative estimate of drug-likeness (QED) is 0.613. The zero-order chi connectivity index (χ0) is 13.5. The number of esters is 1. The van der Waals surface area contributed by atoms with Crippen molar-refractivity contribution in [2.24, 2.45) is 0 Å². The third kappa shape index (κ3) is 4.14. The number of rotatable bonds is 6. The number of carbonyl (C=O) groups is 1. The normalized spacial score (nSPS) is 11.9. The van der Waals surface area contributed by atoms with Crippen molar-refractivity contribution in [2.45, 2.75) is 19.9 Å². The molecule has 0 aliphatic rings. The fraction of sp³-hybridized carbons (Fsp3) is 0.462. The standard InChI is InChI=1S/C13H20N2O2S/c1-4-18-8-9(2)15-10-5-6-12(14)11(7-10)13(16)17-3/h5-7,9,15H,4,8,14H2,1-3H3. The van der Waals surface area contributed by atoms with Crippen LogP contribution in [0.25, 0.3) is 0 Å². The molecule has 1 unspecified atom stereocenters. The average molecular weight is 268 g/mol. The van der Waals surface area contributed by atoms with Gasteiger partial charge in [-0.15, -0.1) is 0 Å². The van der Waals surface area contributed by atoms with Crippen LogP contribution in [0.2, 0.25) is 0 Å². The van der Waals surface area contributed by atoms with E-state index in [0.29, 0.717) is 17.3 Å². The van der Waals surface area contributed by atoms with Crippen LogP contribution in [0, 0.1) is 0 Å². The van der Waals surface area contributed by atoms with E-state index in [0.717, 1.165) is 17.2 Å². The smallest absolute Gasteiger partial charge is 0.340 e. The van der Waals surface area contributed by atoms with Crippen molar-refractivity contribution in [1.82, 2.24) is 0 Å². The third-order valence-electron chi connectivity index (χ3n) is 2.44. The van der Waals surface area contributed by atoms with Gasteiger partial charge in [-0.2, -0.15) is 11.8 Å². The number of benzene rings is 1. The molecule has 1 aromatic rings. The summed E-state index contributed by atoms with van der Waals surface area (Å²) in [6.07, 6.45) is 0. The van der Waals surface area contributed by atoms with Crippen molar-refractivity contribution in [2.75, 3.05) is 29.7 Å². The Hall–Kier alpha value is -1.36. The fourth-order valence-electron chi connectivity index (χ4n) is 1.55. The van der Waals surface area contributed by atoms with Gasteiger partial charge in [0, 0.05) is 23.2 Å². The molecule has 0 saturated carbocycles. The predicted octanol–water partition coefficient (Wildman–Crippen LogP) is 2.61. The van der Waals surface area contributed by atoms with Crippen molar-refractivity contribution in [3.63, 3.8) is 0 Å². The maximum atomic E-state index is 11.5. The van der Waals surface area contributed by atoms with E-state index in [1.54, 1.807) is 12.1 Å². The van der Waals surface area contributed by atoms with Crippen LogP contribution < -0.4 is 11.1 Å². The van der Waals surface area contributed by atoms with E-state index in [9.17, 15) is 4.79 Å². The zero-order valence-corrected chi connectivity index (χ0v) is 11.8. The van der Waals surface area contributed by atoms with Gasteiger partial charge in [-0.25, -0.2) is 4.79 Å². The molecule has 1 atom stereocenters. The van der Waals surface area contributed by atoms with E-state index in [-0.39, 0.29) is 0 Å². The summed E-state index contributed by atoms with van der Waals surface area (Å²) in [6, 6.07) is 5.65. The Balaban J connectivity index is 2.75. The van der Waals surface area contributed by atoms with Gasteiger partial charge >= 0.3 is 5.97 Å². The number of nitrogen functional groups attached to an aromatic ring is 1. The van der Waals surface area contributed by atoms with E-state index in [4.69, 9.17) is 10.5 Å². The van der Waals surface area contributed by atoms with E-state index >= 15 is 0 Å². The lowest BCUT2D eigenvalue weighted by Gasteiger charge is -2.15. The molecule has 0 saturated heterocycles. The monoisotopic (exact) mass is 268 g/mol. The Morgan fingerprint density at radius 2 is 2.28 bits per heavy atom. The molecule has 3 N–H and O–H groups in total. The largest absolute Gasteiger partial charge is 0.465 e. The highest BCUT2D eigenvalue weighted by atomic mass is 32.2. The van der Waals surface area contributed by atoms with Crippen LogP contribution >= 0.6 is 11.8 Å². The van der Waals surface area contributed by atoms with Crippen molar-refractivity contribution in [1.29, 1.82) is 0 Å². The van der Waals surface area contributed by atoms with Crippen LogP contribution in [0.1, 0.15) is 24.2 Å². The predicted molar refractivity (Wildman–Crippen MR) is 78.3 cm³/mol. The molecule has 0 aromatic heterocycles. The molecule has 0 aliphatic carbocycles. The highest BCUT2D eigenvalue weighted by Gasteiger charge is 2.11. The summed E-state index contributed by atoms with van der Waals surface area (Å²) < 4.78 is 4.69. The first-order valence-electron chi connectivity index (χ1n) is 5.90. The summed E-state index contributed by atoms with van der Waals surface area (Å²) in [7, 11) is 1.35. The summed E-state index contributed by atoms with van der Waals surface area (Å²) in [5.74, 6) is 1.71. The van der Waals surface area contributed by atoms with Gasteiger partial charge in [-0.3, -0.25) is 0 Å². The van der Waals surface area contributed by atoms with Crippen molar-refractivity contribution in [3.8, 4) is 0 Å². The van der Waals surface area contributed by atoms with Crippen LogP contribution in [0.5, 0.6) is 0 Å². The van der Waals surface area contributed by atoms with Gasteiger partial charge in [0.25, 0.3) is 0 Å². The van der Waals surface area contributed by atoms with Gasteiger partial charge in [0.05, 0.1) is 12.7 Å². The minimum Gasteiger partial charge on any atom is -0.465 e. The first kappa shape index (κ1) is 14.7. The molecule has 100 valence electrons. The molecule has 0 spiro atoms. The second-order valence-electron chi connectivity index (χ2n) is 4.00. The summed E-state index contributed by atoms with van der Waals surface area (Å²) in [4.78, 5) is 11.5. The molecule has 0 fully saturated rings. The number of nitrogens with two attached hydrogens (primary N) is 1. The molecule has 1 rings (SSSR count). The highest BCUT2D eigenvalue weighted by Crippen LogP contribution is 2.20. The van der Waals surface area contributed by atoms with Crippen molar-refractivity contribution < 1.29 is 9.53 Å².